The topological polar surface area (TPSA) is 65.4 Å². The number of anilines is 1. The van der Waals surface area contributed by atoms with Crippen LogP contribution in [0.4, 0.5) is 10.1 Å². The molecule has 72 valence electrons. The molecule has 0 bridgehead atoms. The number of hydrogen-bond acceptors (Lipinski definition) is 4. The summed E-state index contributed by atoms with van der Waals surface area (Å²) in [6, 6.07) is 2.79. The van der Waals surface area contributed by atoms with Crippen molar-refractivity contribution >= 4 is 5.69 Å². The lowest BCUT2D eigenvalue weighted by Crippen LogP contribution is -2.22. The van der Waals surface area contributed by atoms with E-state index >= 15 is 0 Å². The summed E-state index contributed by atoms with van der Waals surface area (Å²) in [7, 11) is 0. The van der Waals surface area contributed by atoms with Gasteiger partial charge in [0.05, 0.1) is 12.7 Å². The van der Waals surface area contributed by atoms with Gasteiger partial charge < -0.3 is 15.5 Å². The van der Waals surface area contributed by atoms with Crippen LogP contribution in [0, 0.1) is 5.95 Å². The summed E-state index contributed by atoms with van der Waals surface area (Å²) in [5.74, 6) is -0.580. The predicted molar refractivity (Wildman–Crippen MR) is 45.8 cm³/mol. The number of aromatic nitrogens is 1. The van der Waals surface area contributed by atoms with E-state index in [1.807, 2.05) is 0 Å². The van der Waals surface area contributed by atoms with Crippen LogP contribution in [0.5, 0.6) is 0 Å². The summed E-state index contributed by atoms with van der Waals surface area (Å²) in [5, 5.41) is 20.2. The zero-order chi connectivity index (χ0) is 9.68. The number of rotatable bonds is 4. The van der Waals surface area contributed by atoms with Crippen molar-refractivity contribution in [2.24, 2.45) is 0 Å². The molecule has 1 atom stereocenters. The number of aliphatic hydroxyl groups is 2. The second kappa shape index (κ2) is 4.74. The summed E-state index contributed by atoms with van der Waals surface area (Å²) >= 11 is 0. The Bertz CT molecular complexity index is 270. The Morgan fingerprint density at radius 2 is 2.38 bits per heavy atom. The molecule has 0 aliphatic carbocycles. The fourth-order valence-electron chi connectivity index (χ4n) is 0.813. The summed E-state index contributed by atoms with van der Waals surface area (Å²) in [4.78, 5) is 3.37. The van der Waals surface area contributed by atoms with E-state index in [1.165, 1.54) is 12.3 Å². The Hall–Kier alpha value is -1.20. The third-order valence-corrected chi connectivity index (χ3v) is 1.48. The van der Waals surface area contributed by atoms with Crippen molar-refractivity contribution < 1.29 is 14.6 Å². The Labute approximate surface area is 75.0 Å². The maximum absolute atomic E-state index is 12.5. The molecule has 0 spiro atoms. The summed E-state index contributed by atoms with van der Waals surface area (Å²) in [6.07, 6.45) is 0.486. The molecule has 1 rings (SSSR count). The first kappa shape index (κ1) is 9.88. The molecule has 0 aliphatic rings. The van der Waals surface area contributed by atoms with E-state index in [2.05, 4.69) is 10.3 Å². The fourth-order valence-corrected chi connectivity index (χ4v) is 0.813. The van der Waals surface area contributed by atoms with Gasteiger partial charge in [0.2, 0.25) is 5.95 Å². The Kier molecular flexibility index (Phi) is 3.60. The van der Waals surface area contributed by atoms with Crippen LogP contribution in [0.15, 0.2) is 18.3 Å². The molecular weight excluding hydrogens is 175 g/mol. The van der Waals surface area contributed by atoms with Gasteiger partial charge >= 0.3 is 0 Å². The Morgan fingerprint density at radius 3 is 3.00 bits per heavy atom. The van der Waals surface area contributed by atoms with Crippen molar-refractivity contribution in [2.75, 3.05) is 18.5 Å². The van der Waals surface area contributed by atoms with E-state index in [1.54, 1.807) is 6.07 Å². The zero-order valence-corrected chi connectivity index (χ0v) is 6.94. The lowest BCUT2D eigenvalue weighted by molar-refractivity contribution is 0.105. The first-order valence-electron chi connectivity index (χ1n) is 3.86. The highest BCUT2D eigenvalue weighted by molar-refractivity contribution is 5.41. The number of halogens is 1. The van der Waals surface area contributed by atoms with Crippen LogP contribution in [0.1, 0.15) is 0 Å². The van der Waals surface area contributed by atoms with E-state index in [0.717, 1.165) is 0 Å². The average Bonchev–Trinajstić information content (AvgIpc) is 2.14. The molecule has 1 heterocycles. The lowest BCUT2D eigenvalue weighted by atomic mass is 10.3. The molecule has 0 aliphatic heterocycles. The van der Waals surface area contributed by atoms with Gasteiger partial charge in [-0.05, 0) is 6.07 Å². The van der Waals surface area contributed by atoms with Crippen molar-refractivity contribution in [3.8, 4) is 0 Å². The van der Waals surface area contributed by atoms with Gasteiger partial charge in [0.25, 0.3) is 0 Å². The molecule has 0 aromatic carbocycles. The van der Waals surface area contributed by atoms with Crippen LogP contribution in [0.25, 0.3) is 0 Å². The Balaban J connectivity index is 2.45. The number of hydrogen-bond donors (Lipinski definition) is 3. The fraction of sp³-hybridized carbons (Fsp3) is 0.375. The van der Waals surface area contributed by atoms with Gasteiger partial charge in [-0.25, -0.2) is 4.98 Å². The van der Waals surface area contributed by atoms with Crippen molar-refractivity contribution in [2.45, 2.75) is 6.10 Å². The minimum Gasteiger partial charge on any atom is -0.394 e. The molecule has 3 N–H and O–H groups in total. The minimum absolute atomic E-state index is 0.181. The number of aliphatic hydroxyl groups excluding tert-OH is 2. The molecule has 1 unspecified atom stereocenters. The van der Waals surface area contributed by atoms with Crippen LogP contribution in [-0.2, 0) is 0 Å². The van der Waals surface area contributed by atoms with Gasteiger partial charge in [-0.3, -0.25) is 0 Å². The third kappa shape index (κ3) is 3.35. The number of pyridine rings is 1. The molecule has 4 nitrogen and oxygen atoms in total. The maximum Gasteiger partial charge on any atom is 0.214 e. The minimum atomic E-state index is -0.837. The van der Waals surface area contributed by atoms with E-state index in [4.69, 9.17) is 10.2 Å². The molecule has 1 aromatic rings. The predicted octanol–water partition coefficient (Wildman–Crippen LogP) is -0.0142. The standard InChI is InChI=1S/C8H11FN2O2/c9-8-3-6(1-2-10-8)11-4-7(13)5-12/h1-3,7,12-13H,4-5H2,(H,10,11). The largest absolute Gasteiger partial charge is 0.394 e. The highest BCUT2D eigenvalue weighted by Gasteiger charge is 2.01. The quantitative estimate of drug-likeness (QED) is 0.578. The third-order valence-electron chi connectivity index (χ3n) is 1.48. The van der Waals surface area contributed by atoms with Crippen molar-refractivity contribution in [3.05, 3.63) is 24.3 Å². The van der Waals surface area contributed by atoms with Crippen molar-refractivity contribution in [1.29, 1.82) is 0 Å². The first-order chi connectivity index (χ1) is 6.22. The van der Waals surface area contributed by atoms with Gasteiger partial charge in [-0.2, -0.15) is 4.39 Å². The van der Waals surface area contributed by atoms with Crippen LogP contribution < -0.4 is 5.32 Å². The molecule has 13 heavy (non-hydrogen) atoms. The second-order valence-corrected chi connectivity index (χ2v) is 2.58. The summed E-state index contributed by atoms with van der Waals surface area (Å²) in [5.41, 5.74) is 0.528. The normalized spacial score (nSPS) is 12.5. The highest BCUT2D eigenvalue weighted by atomic mass is 19.1. The van der Waals surface area contributed by atoms with Gasteiger partial charge in [0.15, 0.2) is 0 Å². The molecule has 0 radical (unpaired) electrons. The number of nitrogens with one attached hydrogen (secondary N) is 1. The number of nitrogens with zero attached hydrogens (tertiary/aromatic N) is 1. The smallest absolute Gasteiger partial charge is 0.214 e. The zero-order valence-electron chi connectivity index (χ0n) is 6.94. The van der Waals surface area contributed by atoms with Gasteiger partial charge in [0.1, 0.15) is 0 Å². The molecule has 5 heteroatoms. The van der Waals surface area contributed by atoms with Gasteiger partial charge in [0, 0.05) is 24.5 Å². The van der Waals surface area contributed by atoms with E-state index in [-0.39, 0.29) is 13.2 Å². The summed E-state index contributed by atoms with van der Waals surface area (Å²) in [6.45, 7) is -0.138. The average molecular weight is 186 g/mol. The van der Waals surface area contributed by atoms with Gasteiger partial charge in [-0.15, -0.1) is 0 Å². The maximum atomic E-state index is 12.5. The molecular formula is C8H11FN2O2. The molecule has 0 fully saturated rings. The SMILES string of the molecule is OCC(O)CNc1ccnc(F)c1. The van der Waals surface area contributed by atoms with E-state index in [0.29, 0.717) is 5.69 Å². The monoisotopic (exact) mass is 186 g/mol. The summed E-state index contributed by atoms with van der Waals surface area (Å²) < 4.78 is 12.5. The van der Waals surface area contributed by atoms with E-state index in [9.17, 15) is 4.39 Å². The van der Waals surface area contributed by atoms with Crippen molar-refractivity contribution in [1.82, 2.24) is 4.98 Å². The van der Waals surface area contributed by atoms with Crippen LogP contribution in [0.3, 0.4) is 0 Å². The van der Waals surface area contributed by atoms with Crippen LogP contribution in [-0.4, -0.2) is 34.5 Å². The van der Waals surface area contributed by atoms with Crippen LogP contribution in [0.2, 0.25) is 0 Å². The molecule has 1 aromatic heterocycles. The Morgan fingerprint density at radius 1 is 1.62 bits per heavy atom. The van der Waals surface area contributed by atoms with Crippen molar-refractivity contribution in [3.63, 3.8) is 0 Å². The molecule has 0 saturated carbocycles. The van der Waals surface area contributed by atoms with E-state index < -0.39 is 12.1 Å². The van der Waals surface area contributed by atoms with Gasteiger partial charge in [-0.1, -0.05) is 0 Å². The second-order valence-electron chi connectivity index (χ2n) is 2.58. The lowest BCUT2D eigenvalue weighted by Gasteiger charge is -2.09. The molecule has 0 saturated heterocycles. The molecule has 0 amide bonds. The van der Waals surface area contributed by atoms with Crippen LogP contribution >= 0.6 is 0 Å². The highest BCUT2D eigenvalue weighted by Crippen LogP contribution is 2.06. The first-order valence-corrected chi connectivity index (χ1v) is 3.86.